The van der Waals surface area contributed by atoms with E-state index < -0.39 is 11.2 Å². The Morgan fingerprint density at radius 1 is 1.08 bits per heavy atom. The number of ether oxygens (including phenoxy) is 2. The number of anilines is 1. The first kappa shape index (κ1) is 28.0. The average molecular weight is 568 g/mol. The Labute approximate surface area is 234 Å². The summed E-state index contributed by atoms with van der Waals surface area (Å²) in [6, 6.07) is 18.3. The van der Waals surface area contributed by atoms with Crippen molar-refractivity contribution in [3.05, 3.63) is 82.9 Å². The summed E-state index contributed by atoms with van der Waals surface area (Å²) in [5.41, 5.74) is 2.04. The van der Waals surface area contributed by atoms with Crippen LogP contribution in [-0.4, -0.2) is 59.0 Å². The predicted molar refractivity (Wildman–Crippen MR) is 152 cm³/mol. The predicted octanol–water partition coefficient (Wildman–Crippen LogP) is 5.26. The van der Waals surface area contributed by atoms with Gasteiger partial charge in [0.1, 0.15) is 5.25 Å². The second-order valence-electron chi connectivity index (χ2n) is 8.54. The molecule has 0 bridgehead atoms. The third-order valence-electron chi connectivity index (χ3n) is 5.94. The fraction of sp³-hybridized carbons (Fsp3) is 0.214. The molecule has 0 radical (unpaired) electrons. The van der Waals surface area contributed by atoms with Crippen molar-refractivity contribution in [2.24, 2.45) is 4.99 Å². The van der Waals surface area contributed by atoms with Gasteiger partial charge in [0, 0.05) is 23.7 Å². The molecule has 1 atom stereocenters. The molecule has 9 nitrogen and oxygen atoms in total. The van der Waals surface area contributed by atoms with Gasteiger partial charge in [0.25, 0.3) is 0 Å². The second-order valence-corrected chi connectivity index (χ2v) is 10.1. The molecule has 0 unspecified atom stereocenters. The molecule has 3 aromatic rings. The highest BCUT2D eigenvalue weighted by Gasteiger charge is 2.36. The van der Waals surface area contributed by atoms with Gasteiger partial charge >= 0.3 is 5.97 Å². The Hall–Kier alpha value is -4.02. The average Bonchev–Trinajstić information content (AvgIpc) is 2.92. The highest BCUT2D eigenvalue weighted by atomic mass is 35.5. The number of aliphatic imine (C=N–C) groups is 1. The molecule has 0 saturated carbocycles. The van der Waals surface area contributed by atoms with E-state index in [9.17, 15) is 14.4 Å². The lowest BCUT2D eigenvalue weighted by Crippen LogP contribution is -2.46. The number of hydrogen-bond acceptors (Lipinski definition) is 7. The summed E-state index contributed by atoms with van der Waals surface area (Å²) in [4.78, 5) is 43.7. The van der Waals surface area contributed by atoms with Gasteiger partial charge in [-0.05, 0) is 66.6 Å². The first-order valence-electron chi connectivity index (χ1n) is 11.9. The zero-order valence-electron chi connectivity index (χ0n) is 21.2. The molecule has 0 spiro atoms. The Balaban J connectivity index is 1.54. The number of nitrogens with zero attached hydrogens (tertiary/aromatic N) is 2. The molecule has 0 aliphatic carbocycles. The van der Waals surface area contributed by atoms with Crippen LogP contribution in [0, 0.1) is 0 Å². The molecule has 2 amide bonds. The topological polar surface area (TPSA) is 118 Å². The number of halogens is 1. The standard InChI is InChI=1S/C28H26ClN3O6S/c1-37-22-11-6-17(14-23(22)38-2)12-13-32-25(33)16-24(39-28(32)31-21-5-3-4-19(29)15-21)26(34)30-20-9-7-18(8-10-20)27(35)36/h3-11,14-15,24H,12-13,16H2,1-2H3,(H,30,34)(H,35,36)/t24-/m1/s1. The molecule has 1 fully saturated rings. The number of methoxy groups -OCH3 is 2. The van der Waals surface area contributed by atoms with Gasteiger partial charge in [-0.2, -0.15) is 0 Å². The van der Waals surface area contributed by atoms with E-state index in [0.29, 0.717) is 46.0 Å². The summed E-state index contributed by atoms with van der Waals surface area (Å²) in [5.74, 6) is -0.474. The van der Waals surface area contributed by atoms with E-state index in [-0.39, 0.29) is 23.8 Å². The van der Waals surface area contributed by atoms with Crippen molar-refractivity contribution in [3.8, 4) is 11.5 Å². The molecule has 1 aliphatic heterocycles. The summed E-state index contributed by atoms with van der Waals surface area (Å²) in [6.07, 6.45) is 0.498. The monoisotopic (exact) mass is 567 g/mol. The molecule has 11 heteroatoms. The van der Waals surface area contributed by atoms with Crippen molar-refractivity contribution in [1.29, 1.82) is 0 Å². The largest absolute Gasteiger partial charge is 0.493 e. The number of amidine groups is 1. The van der Waals surface area contributed by atoms with Gasteiger partial charge < -0.3 is 19.9 Å². The van der Waals surface area contributed by atoms with Gasteiger partial charge in [0.2, 0.25) is 11.8 Å². The van der Waals surface area contributed by atoms with Crippen molar-refractivity contribution < 1.29 is 29.0 Å². The zero-order valence-corrected chi connectivity index (χ0v) is 22.8. The SMILES string of the molecule is COc1ccc(CCN2C(=O)C[C@H](C(=O)Nc3ccc(C(=O)O)cc3)SC2=Nc2cccc(Cl)c2)cc1OC. The molecule has 202 valence electrons. The summed E-state index contributed by atoms with van der Waals surface area (Å²) in [5, 5.41) is 12.0. The molecular formula is C28H26ClN3O6S. The van der Waals surface area contributed by atoms with E-state index in [4.69, 9.17) is 26.2 Å². The lowest BCUT2D eigenvalue weighted by atomic mass is 10.1. The Kier molecular flexibility index (Phi) is 9.11. The van der Waals surface area contributed by atoms with Crippen LogP contribution in [0.2, 0.25) is 5.02 Å². The normalized spacial score (nSPS) is 16.2. The molecule has 4 rings (SSSR count). The van der Waals surface area contributed by atoms with Crippen molar-refractivity contribution in [1.82, 2.24) is 4.90 Å². The third-order valence-corrected chi connectivity index (χ3v) is 7.36. The molecule has 0 aromatic heterocycles. The van der Waals surface area contributed by atoms with Crippen LogP contribution >= 0.6 is 23.4 Å². The van der Waals surface area contributed by atoms with Crippen LogP contribution in [0.3, 0.4) is 0 Å². The Morgan fingerprint density at radius 3 is 2.49 bits per heavy atom. The second kappa shape index (κ2) is 12.7. The maximum Gasteiger partial charge on any atom is 0.335 e. The summed E-state index contributed by atoms with van der Waals surface area (Å²) >= 11 is 7.33. The first-order chi connectivity index (χ1) is 18.8. The third kappa shape index (κ3) is 7.10. The van der Waals surface area contributed by atoms with Crippen LogP contribution in [0.4, 0.5) is 11.4 Å². The number of carboxylic acids is 1. The van der Waals surface area contributed by atoms with Crippen LogP contribution in [-0.2, 0) is 16.0 Å². The summed E-state index contributed by atoms with van der Waals surface area (Å²) in [6.45, 7) is 0.339. The summed E-state index contributed by atoms with van der Waals surface area (Å²) in [7, 11) is 3.13. The lowest BCUT2D eigenvalue weighted by Gasteiger charge is -2.32. The zero-order chi connectivity index (χ0) is 27.9. The molecule has 2 N–H and O–H groups in total. The first-order valence-corrected chi connectivity index (χ1v) is 13.2. The minimum absolute atomic E-state index is 0.0236. The molecule has 39 heavy (non-hydrogen) atoms. The maximum absolute atomic E-state index is 13.3. The molecular weight excluding hydrogens is 542 g/mol. The molecule has 1 heterocycles. The van der Waals surface area contributed by atoms with Gasteiger partial charge in [-0.25, -0.2) is 9.79 Å². The van der Waals surface area contributed by atoms with Gasteiger partial charge in [-0.1, -0.05) is 35.5 Å². The fourth-order valence-electron chi connectivity index (χ4n) is 3.91. The number of carboxylic acid groups (broad SMARTS) is 1. The molecule has 1 saturated heterocycles. The summed E-state index contributed by atoms with van der Waals surface area (Å²) < 4.78 is 10.7. The van der Waals surface area contributed by atoms with E-state index in [0.717, 1.165) is 5.56 Å². The van der Waals surface area contributed by atoms with Gasteiger partial charge in [0.15, 0.2) is 16.7 Å². The number of nitrogens with one attached hydrogen (secondary N) is 1. The number of thioether (sulfide) groups is 1. The van der Waals surface area contributed by atoms with E-state index in [1.165, 1.54) is 36.0 Å². The fourth-order valence-corrected chi connectivity index (χ4v) is 5.22. The number of carbonyl (C=O) groups excluding carboxylic acids is 2. The number of hydrogen-bond donors (Lipinski definition) is 2. The number of benzene rings is 3. The minimum atomic E-state index is -1.06. The van der Waals surface area contributed by atoms with E-state index in [1.807, 2.05) is 18.2 Å². The van der Waals surface area contributed by atoms with Crippen LogP contribution in [0.25, 0.3) is 0 Å². The van der Waals surface area contributed by atoms with Crippen LogP contribution in [0.1, 0.15) is 22.3 Å². The van der Waals surface area contributed by atoms with Gasteiger partial charge in [0.05, 0.1) is 25.5 Å². The number of amides is 2. The highest BCUT2D eigenvalue weighted by Crippen LogP contribution is 2.32. The van der Waals surface area contributed by atoms with Crippen molar-refractivity contribution in [3.63, 3.8) is 0 Å². The highest BCUT2D eigenvalue weighted by molar-refractivity contribution is 8.15. The maximum atomic E-state index is 13.3. The van der Waals surface area contributed by atoms with E-state index in [1.54, 1.807) is 43.4 Å². The van der Waals surface area contributed by atoms with Crippen LogP contribution in [0.15, 0.2) is 71.7 Å². The number of aromatic carboxylic acids is 1. The lowest BCUT2D eigenvalue weighted by molar-refractivity contribution is -0.129. The van der Waals surface area contributed by atoms with E-state index in [2.05, 4.69) is 10.3 Å². The Morgan fingerprint density at radius 2 is 1.82 bits per heavy atom. The minimum Gasteiger partial charge on any atom is -0.493 e. The molecule has 3 aromatic carbocycles. The van der Waals surface area contributed by atoms with Crippen molar-refractivity contribution >= 4 is 57.7 Å². The van der Waals surface area contributed by atoms with Crippen LogP contribution < -0.4 is 14.8 Å². The molecule has 1 aliphatic rings. The smallest absolute Gasteiger partial charge is 0.335 e. The number of carbonyl (C=O) groups is 3. The van der Waals surface area contributed by atoms with Gasteiger partial charge in [-0.15, -0.1) is 0 Å². The van der Waals surface area contributed by atoms with Crippen LogP contribution in [0.5, 0.6) is 11.5 Å². The number of rotatable bonds is 9. The quantitative estimate of drug-likeness (QED) is 0.362. The van der Waals surface area contributed by atoms with Crippen molar-refractivity contribution in [2.75, 3.05) is 26.1 Å². The van der Waals surface area contributed by atoms with Crippen molar-refractivity contribution in [2.45, 2.75) is 18.1 Å². The van der Waals surface area contributed by atoms with Gasteiger partial charge in [-0.3, -0.25) is 14.5 Å². The Bertz CT molecular complexity index is 1410. The van der Waals surface area contributed by atoms with E-state index >= 15 is 0 Å².